The van der Waals surface area contributed by atoms with Crippen molar-refractivity contribution in [3.05, 3.63) is 23.8 Å². The summed E-state index contributed by atoms with van der Waals surface area (Å²) in [6.07, 6.45) is 4.96. The quantitative estimate of drug-likeness (QED) is 0.622. The maximum atomic E-state index is 12.2. The van der Waals surface area contributed by atoms with E-state index in [1.807, 2.05) is 0 Å². The normalized spacial score (nSPS) is 17.9. The Labute approximate surface area is 112 Å². The molecule has 5 heteroatoms. The average Bonchev–Trinajstić information content (AvgIpc) is 2.42. The highest BCUT2D eigenvalue weighted by molar-refractivity contribution is 5.98. The van der Waals surface area contributed by atoms with Gasteiger partial charge in [0.1, 0.15) is 0 Å². The van der Waals surface area contributed by atoms with Gasteiger partial charge in [-0.3, -0.25) is 4.79 Å². The Morgan fingerprint density at radius 2 is 1.95 bits per heavy atom. The molecular weight excluding hydrogens is 244 g/mol. The molecule has 104 valence electrons. The van der Waals surface area contributed by atoms with Crippen LogP contribution in [0.15, 0.2) is 18.2 Å². The van der Waals surface area contributed by atoms with Gasteiger partial charge >= 0.3 is 0 Å². The summed E-state index contributed by atoms with van der Waals surface area (Å²) in [4.78, 5) is 12.2. The lowest BCUT2D eigenvalue weighted by Gasteiger charge is -2.37. The summed E-state index contributed by atoms with van der Waals surface area (Å²) >= 11 is 0. The van der Waals surface area contributed by atoms with Crippen LogP contribution in [-0.2, 0) is 0 Å². The van der Waals surface area contributed by atoms with Crippen LogP contribution in [0.25, 0.3) is 0 Å². The minimum absolute atomic E-state index is 0.0819. The van der Waals surface area contributed by atoms with E-state index in [-0.39, 0.29) is 28.5 Å². The first kappa shape index (κ1) is 13.7. The number of carbonyl (C=O) groups is 1. The van der Waals surface area contributed by atoms with Gasteiger partial charge in [-0.1, -0.05) is 25.3 Å². The number of nitrogens with one attached hydrogen (secondary N) is 1. The van der Waals surface area contributed by atoms with E-state index in [2.05, 4.69) is 5.32 Å². The van der Waals surface area contributed by atoms with Crippen LogP contribution < -0.4 is 11.1 Å². The van der Waals surface area contributed by atoms with Crippen molar-refractivity contribution in [2.45, 2.75) is 37.6 Å². The van der Waals surface area contributed by atoms with Crippen LogP contribution in [0.4, 0.5) is 0 Å². The first-order valence-corrected chi connectivity index (χ1v) is 6.61. The number of amides is 1. The van der Waals surface area contributed by atoms with Crippen molar-refractivity contribution in [2.75, 3.05) is 6.54 Å². The van der Waals surface area contributed by atoms with E-state index < -0.39 is 0 Å². The number of nitrogens with two attached hydrogens (primary N) is 1. The van der Waals surface area contributed by atoms with Crippen molar-refractivity contribution < 1.29 is 15.0 Å². The highest BCUT2D eigenvalue weighted by atomic mass is 16.3. The number of phenols is 2. The maximum Gasteiger partial charge on any atom is 0.255 e. The van der Waals surface area contributed by atoms with Crippen LogP contribution in [0.5, 0.6) is 11.5 Å². The summed E-state index contributed by atoms with van der Waals surface area (Å²) in [7, 11) is 0. The Morgan fingerprint density at radius 3 is 2.58 bits per heavy atom. The molecule has 0 unspecified atom stereocenters. The number of rotatable bonds is 3. The van der Waals surface area contributed by atoms with Gasteiger partial charge in [0, 0.05) is 6.54 Å². The monoisotopic (exact) mass is 264 g/mol. The fourth-order valence-corrected chi connectivity index (χ4v) is 2.63. The second-order valence-corrected chi connectivity index (χ2v) is 5.17. The smallest absolute Gasteiger partial charge is 0.255 e. The van der Waals surface area contributed by atoms with Crippen LogP contribution in [0.3, 0.4) is 0 Å². The Morgan fingerprint density at radius 1 is 1.26 bits per heavy atom. The topological polar surface area (TPSA) is 95.6 Å². The highest BCUT2D eigenvalue weighted by Crippen LogP contribution is 2.31. The van der Waals surface area contributed by atoms with Crippen molar-refractivity contribution in [1.82, 2.24) is 5.32 Å². The van der Waals surface area contributed by atoms with Gasteiger partial charge in [-0.25, -0.2) is 0 Å². The van der Waals surface area contributed by atoms with E-state index in [0.717, 1.165) is 32.1 Å². The van der Waals surface area contributed by atoms with Crippen LogP contribution in [0, 0.1) is 0 Å². The fraction of sp³-hybridized carbons (Fsp3) is 0.500. The predicted molar refractivity (Wildman–Crippen MR) is 72.1 cm³/mol. The molecule has 1 aromatic carbocycles. The molecule has 0 spiro atoms. The van der Waals surface area contributed by atoms with E-state index in [1.165, 1.54) is 18.2 Å². The molecule has 1 aromatic rings. The van der Waals surface area contributed by atoms with Crippen molar-refractivity contribution in [2.24, 2.45) is 5.73 Å². The molecule has 0 radical (unpaired) electrons. The number of para-hydroxylation sites is 1. The van der Waals surface area contributed by atoms with E-state index >= 15 is 0 Å². The van der Waals surface area contributed by atoms with Crippen molar-refractivity contribution >= 4 is 5.91 Å². The predicted octanol–water partition coefficient (Wildman–Crippen LogP) is 1.49. The Balaban J connectivity index is 2.17. The van der Waals surface area contributed by atoms with Gasteiger partial charge < -0.3 is 21.3 Å². The van der Waals surface area contributed by atoms with Crippen LogP contribution in [0.2, 0.25) is 0 Å². The summed E-state index contributed by atoms with van der Waals surface area (Å²) in [5, 5.41) is 22.1. The molecule has 19 heavy (non-hydrogen) atoms. The second kappa shape index (κ2) is 5.48. The summed E-state index contributed by atoms with van der Waals surface area (Å²) in [5.41, 5.74) is 5.51. The van der Waals surface area contributed by atoms with Gasteiger partial charge in [-0.15, -0.1) is 0 Å². The lowest BCUT2D eigenvalue weighted by Crippen LogP contribution is -2.54. The molecule has 1 saturated carbocycles. The number of carbonyl (C=O) groups excluding carboxylic acids is 1. The standard InChI is InChI=1S/C14H20N2O3/c15-9-14(7-2-1-3-8-14)16-13(19)10-5-4-6-11(17)12(10)18/h4-6,17-18H,1-3,7-9,15H2,(H,16,19). The Bertz CT molecular complexity index is 468. The maximum absolute atomic E-state index is 12.2. The third-order valence-electron chi connectivity index (χ3n) is 3.84. The van der Waals surface area contributed by atoms with Crippen molar-refractivity contribution in [3.63, 3.8) is 0 Å². The second-order valence-electron chi connectivity index (χ2n) is 5.17. The summed E-state index contributed by atoms with van der Waals surface area (Å²) in [5.74, 6) is -1.07. The summed E-state index contributed by atoms with van der Waals surface area (Å²) in [6, 6.07) is 4.35. The molecule has 2 rings (SSSR count). The number of aromatic hydroxyl groups is 2. The molecule has 0 heterocycles. The molecule has 1 aliphatic carbocycles. The molecule has 0 aliphatic heterocycles. The number of hydrogen-bond acceptors (Lipinski definition) is 4. The van der Waals surface area contributed by atoms with Gasteiger partial charge in [-0.05, 0) is 25.0 Å². The first-order valence-electron chi connectivity index (χ1n) is 6.61. The fourth-order valence-electron chi connectivity index (χ4n) is 2.63. The first-order chi connectivity index (χ1) is 9.08. The molecule has 1 amide bonds. The SMILES string of the molecule is NCC1(NC(=O)c2cccc(O)c2O)CCCCC1. The van der Waals surface area contributed by atoms with Gasteiger partial charge in [0.05, 0.1) is 11.1 Å². The molecule has 0 atom stereocenters. The molecule has 1 fully saturated rings. The molecule has 1 aliphatic rings. The van der Waals surface area contributed by atoms with E-state index in [4.69, 9.17) is 5.73 Å². The molecular formula is C14H20N2O3. The molecule has 5 nitrogen and oxygen atoms in total. The lowest BCUT2D eigenvalue weighted by atomic mass is 9.81. The summed E-state index contributed by atoms with van der Waals surface area (Å²) < 4.78 is 0. The Hall–Kier alpha value is -1.75. The van der Waals surface area contributed by atoms with Gasteiger partial charge in [0.2, 0.25) is 0 Å². The lowest BCUT2D eigenvalue weighted by molar-refractivity contribution is 0.0871. The highest BCUT2D eigenvalue weighted by Gasteiger charge is 2.33. The molecule has 0 aromatic heterocycles. The van der Waals surface area contributed by atoms with Crippen LogP contribution in [0.1, 0.15) is 42.5 Å². The molecule has 5 N–H and O–H groups in total. The minimum atomic E-state index is -0.388. The molecule has 0 saturated heterocycles. The van der Waals surface area contributed by atoms with Crippen molar-refractivity contribution in [1.29, 1.82) is 0 Å². The van der Waals surface area contributed by atoms with Gasteiger partial charge in [-0.2, -0.15) is 0 Å². The zero-order valence-electron chi connectivity index (χ0n) is 10.9. The third-order valence-corrected chi connectivity index (χ3v) is 3.84. The van der Waals surface area contributed by atoms with E-state index in [9.17, 15) is 15.0 Å². The third kappa shape index (κ3) is 2.81. The van der Waals surface area contributed by atoms with E-state index in [1.54, 1.807) is 0 Å². The zero-order valence-corrected chi connectivity index (χ0v) is 10.9. The number of benzene rings is 1. The Kier molecular flexibility index (Phi) is 3.95. The minimum Gasteiger partial charge on any atom is -0.504 e. The zero-order chi connectivity index (χ0) is 13.9. The molecule has 0 bridgehead atoms. The van der Waals surface area contributed by atoms with Crippen molar-refractivity contribution in [3.8, 4) is 11.5 Å². The summed E-state index contributed by atoms with van der Waals surface area (Å²) in [6.45, 7) is 0.387. The van der Waals surface area contributed by atoms with Crippen LogP contribution >= 0.6 is 0 Å². The van der Waals surface area contributed by atoms with Gasteiger partial charge in [0.25, 0.3) is 5.91 Å². The largest absolute Gasteiger partial charge is 0.504 e. The van der Waals surface area contributed by atoms with E-state index in [0.29, 0.717) is 6.54 Å². The van der Waals surface area contributed by atoms with Crippen LogP contribution in [-0.4, -0.2) is 28.2 Å². The van der Waals surface area contributed by atoms with Gasteiger partial charge in [0.15, 0.2) is 11.5 Å². The average molecular weight is 264 g/mol. The number of hydrogen-bond donors (Lipinski definition) is 4. The number of phenolic OH excluding ortho intramolecular Hbond substituents is 2.